The first kappa shape index (κ1) is 15.2. The molecule has 92 valence electrons. The number of rotatable bonds is 2. The smallest absolute Gasteiger partial charge is 0.165 e. The lowest BCUT2D eigenvalue weighted by atomic mass is 9.83. The summed E-state index contributed by atoms with van der Waals surface area (Å²) in [5.41, 5.74) is 6.74. The first-order chi connectivity index (χ1) is 6.86. The highest BCUT2D eigenvalue weighted by molar-refractivity contribution is 5.85. The first-order valence-electron chi connectivity index (χ1n) is 4.95. The van der Waals surface area contributed by atoms with Crippen molar-refractivity contribution in [2.75, 3.05) is 7.11 Å². The van der Waals surface area contributed by atoms with E-state index in [0.717, 1.165) is 5.56 Å². The Bertz CT molecular complexity index is 349. The molecule has 16 heavy (non-hydrogen) atoms. The Kier molecular flexibility index (Phi) is 5.23. The molecule has 0 saturated heterocycles. The maximum Gasteiger partial charge on any atom is 0.165 e. The summed E-state index contributed by atoms with van der Waals surface area (Å²) in [6.07, 6.45) is 0. The molecular weight excluding hydrogens is 229 g/mol. The van der Waals surface area contributed by atoms with E-state index >= 15 is 0 Å². The zero-order chi connectivity index (χ0) is 11.6. The molecule has 0 amide bonds. The van der Waals surface area contributed by atoms with E-state index in [2.05, 4.69) is 0 Å². The molecular formula is C12H19ClFNO. The first-order valence-corrected chi connectivity index (χ1v) is 4.95. The van der Waals surface area contributed by atoms with Crippen LogP contribution in [0.25, 0.3) is 0 Å². The number of ether oxygens (including phenoxy) is 1. The molecule has 2 nitrogen and oxygen atoms in total. The average Bonchev–Trinajstić information content (AvgIpc) is 2.15. The minimum absolute atomic E-state index is 0. The number of methoxy groups -OCH3 is 1. The van der Waals surface area contributed by atoms with Crippen molar-refractivity contribution in [3.8, 4) is 5.75 Å². The molecule has 1 aromatic rings. The third-order valence-electron chi connectivity index (χ3n) is 2.47. The summed E-state index contributed by atoms with van der Waals surface area (Å²) in [7, 11) is 1.45. The van der Waals surface area contributed by atoms with Crippen LogP contribution in [-0.4, -0.2) is 7.11 Å². The van der Waals surface area contributed by atoms with Gasteiger partial charge in [0, 0.05) is 6.04 Å². The van der Waals surface area contributed by atoms with Crippen LogP contribution in [0.1, 0.15) is 32.4 Å². The lowest BCUT2D eigenvalue weighted by Crippen LogP contribution is -2.26. The van der Waals surface area contributed by atoms with Crippen LogP contribution in [0.3, 0.4) is 0 Å². The second-order valence-electron chi connectivity index (χ2n) is 4.74. The molecule has 0 saturated carbocycles. The van der Waals surface area contributed by atoms with Gasteiger partial charge < -0.3 is 10.5 Å². The van der Waals surface area contributed by atoms with Crippen LogP contribution in [0, 0.1) is 11.2 Å². The van der Waals surface area contributed by atoms with Crippen LogP contribution in [0.5, 0.6) is 5.75 Å². The predicted molar refractivity (Wildman–Crippen MR) is 66.6 cm³/mol. The molecule has 0 unspecified atom stereocenters. The van der Waals surface area contributed by atoms with E-state index in [0.29, 0.717) is 0 Å². The normalized spacial score (nSPS) is 12.9. The van der Waals surface area contributed by atoms with Gasteiger partial charge in [0.25, 0.3) is 0 Å². The molecule has 2 N–H and O–H groups in total. The molecule has 0 radical (unpaired) electrons. The fourth-order valence-electron chi connectivity index (χ4n) is 1.38. The Morgan fingerprint density at radius 1 is 1.31 bits per heavy atom. The van der Waals surface area contributed by atoms with E-state index in [1.54, 1.807) is 12.1 Å². The van der Waals surface area contributed by atoms with Gasteiger partial charge in [-0.2, -0.15) is 0 Å². The van der Waals surface area contributed by atoms with Gasteiger partial charge in [0.2, 0.25) is 0 Å². The molecule has 0 bridgehead atoms. The monoisotopic (exact) mass is 247 g/mol. The van der Waals surface area contributed by atoms with Crippen LogP contribution in [-0.2, 0) is 0 Å². The van der Waals surface area contributed by atoms with Crippen molar-refractivity contribution in [3.05, 3.63) is 29.6 Å². The highest BCUT2D eigenvalue weighted by Gasteiger charge is 2.23. The molecule has 1 aromatic carbocycles. The fourth-order valence-corrected chi connectivity index (χ4v) is 1.38. The zero-order valence-corrected chi connectivity index (χ0v) is 10.9. The van der Waals surface area contributed by atoms with E-state index in [-0.39, 0.29) is 35.4 Å². The van der Waals surface area contributed by atoms with Crippen molar-refractivity contribution >= 4 is 12.4 Å². The quantitative estimate of drug-likeness (QED) is 0.870. The predicted octanol–water partition coefficient (Wildman–Crippen LogP) is 3.30. The van der Waals surface area contributed by atoms with E-state index in [9.17, 15) is 4.39 Å². The van der Waals surface area contributed by atoms with Crippen molar-refractivity contribution in [1.29, 1.82) is 0 Å². The van der Waals surface area contributed by atoms with E-state index in [4.69, 9.17) is 10.5 Å². The third kappa shape index (κ3) is 3.35. The molecule has 4 heteroatoms. The number of nitrogens with two attached hydrogens (primary N) is 1. The van der Waals surface area contributed by atoms with Crippen molar-refractivity contribution < 1.29 is 9.13 Å². The van der Waals surface area contributed by atoms with Gasteiger partial charge in [0.1, 0.15) is 0 Å². The van der Waals surface area contributed by atoms with Crippen molar-refractivity contribution in [3.63, 3.8) is 0 Å². The minimum atomic E-state index is -0.366. The summed E-state index contributed by atoms with van der Waals surface area (Å²) < 4.78 is 18.3. The number of hydrogen-bond donors (Lipinski definition) is 1. The molecule has 1 rings (SSSR count). The second-order valence-corrected chi connectivity index (χ2v) is 4.74. The van der Waals surface area contributed by atoms with Gasteiger partial charge in [-0.3, -0.25) is 0 Å². The Morgan fingerprint density at radius 2 is 1.88 bits per heavy atom. The van der Waals surface area contributed by atoms with E-state index in [1.807, 2.05) is 20.8 Å². The minimum Gasteiger partial charge on any atom is -0.494 e. The standard InChI is InChI=1S/C12H18FNO.ClH/c1-12(2,3)11(14)8-5-6-10(15-4)9(13)7-8;/h5-7,11H,14H2,1-4H3;1H/t11-;/m0./s1. The lowest BCUT2D eigenvalue weighted by Gasteiger charge is -2.27. The SMILES string of the molecule is COc1ccc([C@H](N)C(C)(C)C)cc1F.Cl. The third-order valence-corrected chi connectivity index (χ3v) is 2.47. The Labute approximate surface area is 102 Å². The molecule has 0 fully saturated rings. The number of benzene rings is 1. The number of halogens is 2. The average molecular weight is 248 g/mol. The van der Waals surface area contributed by atoms with E-state index in [1.165, 1.54) is 13.2 Å². The maximum atomic E-state index is 13.4. The maximum absolute atomic E-state index is 13.4. The van der Waals surface area contributed by atoms with Gasteiger partial charge in [-0.1, -0.05) is 26.8 Å². The van der Waals surface area contributed by atoms with Gasteiger partial charge in [-0.15, -0.1) is 12.4 Å². The topological polar surface area (TPSA) is 35.2 Å². The number of hydrogen-bond acceptors (Lipinski definition) is 2. The van der Waals surface area contributed by atoms with Crippen molar-refractivity contribution in [1.82, 2.24) is 0 Å². The summed E-state index contributed by atoms with van der Waals surface area (Å²) >= 11 is 0. The van der Waals surface area contributed by atoms with Crippen LogP contribution in [0.2, 0.25) is 0 Å². The van der Waals surface area contributed by atoms with Gasteiger partial charge in [0.15, 0.2) is 11.6 Å². The van der Waals surface area contributed by atoms with Crippen LogP contribution >= 0.6 is 12.4 Å². The van der Waals surface area contributed by atoms with Crippen LogP contribution in [0.15, 0.2) is 18.2 Å². The van der Waals surface area contributed by atoms with E-state index < -0.39 is 0 Å². The molecule has 0 aliphatic rings. The van der Waals surface area contributed by atoms with Crippen LogP contribution in [0.4, 0.5) is 4.39 Å². The fraction of sp³-hybridized carbons (Fsp3) is 0.500. The summed E-state index contributed by atoms with van der Waals surface area (Å²) in [6, 6.07) is 4.67. The highest BCUT2D eigenvalue weighted by Crippen LogP contribution is 2.32. The van der Waals surface area contributed by atoms with Crippen molar-refractivity contribution in [2.24, 2.45) is 11.1 Å². The second kappa shape index (κ2) is 5.51. The molecule has 1 atom stereocenters. The molecule has 0 aliphatic carbocycles. The Balaban J connectivity index is 0.00000225. The van der Waals surface area contributed by atoms with Gasteiger partial charge >= 0.3 is 0 Å². The Morgan fingerprint density at radius 3 is 2.25 bits per heavy atom. The zero-order valence-electron chi connectivity index (χ0n) is 10.1. The van der Waals surface area contributed by atoms with Gasteiger partial charge in [-0.25, -0.2) is 4.39 Å². The Hall–Kier alpha value is -0.800. The molecule has 0 spiro atoms. The van der Waals surface area contributed by atoms with Gasteiger partial charge in [-0.05, 0) is 23.1 Å². The van der Waals surface area contributed by atoms with Crippen LogP contribution < -0.4 is 10.5 Å². The summed E-state index contributed by atoms with van der Waals surface area (Å²) in [5.74, 6) is -0.116. The molecule has 0 aliphatic heterocycles. The summed E-state index contributed by atoms with van der Waals surface area (Å²) in [5, 5.41) is 0. The summed E-state index contributed by atoms with van der Waals surface area (Å²) in [4.78, 5) is 0. The lowest BCUT2D eigenvalue weighted by molar-refractivity contribution is 0.325. The summed E-state index contributed by atoms with van der Waals surface area (Å²) in [6.45, 7) is 6.08. The van der Waals surface area contributed by atoms with Crippen molar-refractivity contribution in [2.45, 2.75) is 26.8 Å². The van der Waals surface area contributed by atoms with Gasteiger partial charge in [0.05, 0.1) is 7.11 Å². The highest BCUT2D eigenvalue weighted by atomic mass is 35.5. The molecule has 0 heterocycles. The molecule has 0 aromatic heterocycles. The largest absolute Gasteiger partial charge is 0.494 e.